The van der Waals surface area contributed by atoms with Gasteiger partial charge >= 0.3 is 0 Å². The Labute approximate surface area is 109 Å². The zero-order valence-electron chi connectivity index (χ0n) is 10.3. The number of aromatic nitrogens is 3. The van der Waals surface area contributed by atoms with Gasteiger partial charge in [-0.3, -0.25) is 19.9 Å². The minimum atomic E-state index is -0.544. The van der Waals surface area contributed by atoms with Crippen LogP contribution >= 0.6 is 0 Å². The molecule has 0 aliphatic carbocycles. The van der Waals surface area contributed by atoms with Crippen molar-refractivity contribution >= 4 is 11.8 Å². The number of imide groups is 1. The van der Waals surface area contributed by atoms with Crippen LogP contribution in [0.4, 0.5) is 0 Å². The van der Waals surface area contributed by atoms with E-state index in [2.05, 4.69) is 20.5 Å². The zero-order chi connectivity index (χ0) is 13.7. The van der Waals surface area contributed by atoms with E-state index in [-0.39, 0.29) is 18.0 Å². The topological polar surface area (TPSA) is 84.8 Å². The number of hydrogen-bond donors (Lipinski definition) is 1. The van der Waals surface area contributed by atoms with Crippen LogP contribution in [0.5, 0.6) is 0 Å². The quantitative estimate of drug-likeness (QED) is 0.892. The number of nitrogens with zero attached hydrogens (tertiary/aromatic N) is 3. The van der Waals surface area contributed by atoms with Crippen molar-refractivity contribution in [3.8, 4) is 11.3 Å². The number of rotatable bonds is 3. The number of amides is 2. The van der Waals surface area contributed by atoms with Gasteiger partial charge < -0.3 is 0 Å². The van der Waals surface area contributed by atoms with Gasteiger partial charge in [-0.15, -0.1) is 10.2 Å². The fourth-order valence-corrected chi connectivity index (χ4v) is 1.40. The van der Waals surface area contributed by atoms with E-state index in [0.29, 0.717) is 5.69 Å². The summed E-state index contributed by atoms with van der Waals surface area (Å²) in [6.45, 7) is 1.67. The highest BCUT2D eigenvalue weighted by Gasteiger charge is 2.11. The fraction of sp³-hybridized carbons (Fsp3) is 0.154. The first-order chi connectivity index (χ1) is 9.20. The number of hydrogen-bond acceptors (Lipinski definition) is 5. The van der Waals surface area contributed by atoms with Crippen molar-refractivity contribution in [1.82, 2.24) is 20.5 Å². The predicted octanol–water partition coefficient (Wildman–Crippen LogP) is 1.20. The maximum Gasteiger partial charge on any atom is 0.278 e. The summed E-state index contributed by atoms with van der Waals surface area (Å²) in [6.07, 6.45) is 3.56. The van der Waals surface area contributed by atoms with Gasteiger partial charge in [0.1, 0.15) is 0 Å². The van der Waals surface area contributed by atoms with E-state index in [9.17, 15) is 9.59 Å². The minimum absolute atomic E-state index is 0.106. The Kier molecular flexibility index (Phi) is 3.92. The SMILES string of the molecule is CCC(=O)NC(=O)c1ccc(-c2cccnc2)nn1. The van der Waals surface area contributed by atoms with Gasteiger partial charge in [0, 0.05) is 24.4 Å². The van der Waals surface area contributed by atoms with Gasteiger partial charge in [0.25, 0.3) is 5.91 Å². The van der Waals surface area contributed by atoms with Crippen molar-refractivity contribution < 1.29 is 9.59 Å². The number of nitrogens with one attached hydrogen (secondary N) is 1. The number of carbonyl (C=O) groups is 2. The third-order valence-corrected chi connectivity index (χ3v) is 2.43. The Morgan fingerprint density at radius 2 is 2.05 bits per heavy atom. The van der Waals surface area contributed by atoms with Crippen molar-refractivity contribution in [2.24, 2.45) is 0 Å². The Morgan fingerprint density at radius 3 is 2.63 bits per heavy atom. The maximum absolute atomic E-state index is 11.6. The minimum Gasteiger partial charge on any atom is -0.291 e. The molecule has 0 saturated heterocycles. The van der Waals surface area contributed by atoms with Crippen molar-refractivity contribution in [1.29, 1.82) is 0 Å². The lowest BCUT2D eigenvalue weighted by Gasteiger charge is -2.02. The summed E-state index contributed by atoms with van der Waals surface area (Å²) in [5, 5.41) is 9.95. The first-order valence-corrected chi connectivity index (χ1v) is 5.79. The van der Waals surface area contributed by atoms with Crippen LogP contribution in [0.15, 0.2) is 36.7 Å². The van der Waals surface area contributed by atoms with Crippen LogP contribution in [0.1, 0.15) is 23.8 Å². The molecule has 0 aliphatic heterocycles. The van der Waals surface area contributed by atoms with Crippen molar-refractivity contribution in [3.63, 3.8) is 0 Å². The molecule has 0 unspecified atom stereocenters. The van der Waals surface area contributed by atoms with E-state index in [1.165, 1.54) is 6.07 Å². The molecular weight excluding hydrogens is 244 g/mol. The molecule has 0 radical (unpaired) electrons. The highest BCUT2D eigenvalue weighted by Crippen LogP contribution is 2.13. The molecule has 0 aliphatic rings. The monoisotopic (exact) mass is 256 g/mol. The van der Waals surface area contributed by atoms with E-state index in [1.54, 1.807) is 31.5 Å². The molecular formula is C13H12N4O2. The van der Waals surface area contributed by atoms with Crippen LogP contribution in [0.2, 0.25) is 0 Å². The Balaban J connectivity index is 2.15. The Bertz CT molecular complexity index is 581. The largest absolute Gasteiger partial charge is 0.291 e. The lowest BCUT2D eigenvalue weighted by molar-refractivity contribution is -0.119. The van der Waals surface area contributed by atoms with Crippen LogP contribution in [-0.2, 0) is 4.79 Å². The number of carbonyl (C=O) groups excluding carboxylic acids is 2. The van der Waals surface area contributed by atoms with Crippen molar-refractivity contribution in [3.05, 3.63) is 42.4 Å². The average Bonchev–Trinajstić information content (AvgIpc) is 2.48. The predicted molar refractivity (Wildman–Crippen MR) is 68.0 cm³/mol. The number of pyridine rings is 1. The normalized spacial score (nSPS) is 9.95. The molecule has 0 spiro atoms. The highest BCUT2D eigenvalue weighted by molar-refractivity contribution is 6.03. The zero-order valence-corrected chi connectivity index (χ0v) is 10.3. The molecule has 2 aromatic heterocycles. The molecule has 6 nitrogen and oxygen atoms in total. The van der Waals surface area contributed by atoms with Gasteiger partial charge in [-0.25, -0.2) is 0 Å². The summed E-state index contributed by atoms with van der Waals surface area (Å²) < 4.78 is 0. The molecule has 6 heteroatoms. The van der Waals surface area contributed by atoms with E-state index in [4.69, 9.17) is 0 Å². The lowest BCUT2D eigenvalue weighted by atomic mass is 10.2. The molecule has 0 aromatic carbocycles. The van der Waals surface area contributed by atoms with E-state index in [1.807, 2.05) is 6.07 Å². The highest BCUT2D eigenvalue weighted by atomic mass is 16.2. The molecule has 2 aromatic rings. The van der Waals surface area contributed by atoms with E-state index >= 15 is 0 Å². The molecule has 0 bridgehead atoms. The van der Waals surface area contributed by atoms with Crippen LogP contribution in [0.3, 0.4) is 0 Å². The summed E-state index contributed by atoms with van der Waals surface area (Å²) in [5.74, 6) is -0.889. The molecule has 0 saturated carbocycles. The third kappa shape index (κ3) is 3.19. The molecule has 2 rings (SSSR count). The molecule has 1 N–H and O–H groups in total. The van der Waals surface area contributed by atoms with Crippen molar-refractivity contribution in [2.75, 3.05) is 0 Å². The van der Waals surface area contributed by atoms with Gasteiger partial charge in [0.05, 0.1) is 5.69 Å². The van der Waals surface area contributed by atoms with Crippen LogP contribution < -0.4 is 5.32 Å². The summed E-state index contributed by atoms with van der Waals surface area (Å²) in [7, 11) is 0. The maximum atomic E-state index is 11.6. The van der Waals surface area contributed by atoms with Crippen molar-refractivity contribution in [2.45, 2.75) is 13.3 Å². The van der Waals surface area contributed by atoms with E-state index < -0.39 is 5.91 Å². The standard InChI is InChI=1S/C13H12N4O2/c1-2-12(18)15-13(19)11-6-5-10(16-17-11)9-4-3-7-14-8-9/h3-8H,2H2,1H3,(H,15,18,19). The Morgan fingerprint density at radius 1 is 1.21 bits per heavy atom. The first-order valence-electron chi connectivity index (χ1n) is 5.79. The van der Waals surface area contributed by atoms with Gasteiger partial charge in [-0.1, -0.05) is 6.92 Å². The second kappa shape index (κ2) is 5.81. The van der Waals surface area contributed by atoms with E-state index in [0.717, 1.165) is 5.56 Å². The third-order valence-electron chi connectivity index (χ3n) is 2.43. The summed E-state index contributed by atoms with van der Waals surface area (Å²) in [6, 6.07) is 6.82. The molecule has 0 atom stereocenters. The smallest absolute Gasteiger partial charge is 0.278 e. The molecule has 0 fully saturated rings. The van der Waals surface area contributed by atoms with Crippen LogP contribution in [0, 0.1) is 0 Å². The van der Waals surface area contributed by atoms with Crippen LogP contribution in [0.25, 0.3) is 11.3 Å². The average molecular weight is 256 g/mol. The summed E-state index contributed by atoms with van der Waals surface area (Å²) in [5.41, 5.74) is 1.53. The van der Waals surface area contributed by atoms with Gasteiger partial charge in [-0.2, -0.15) is 0 Å². The second-order valence-corrected chi connectivity index (χ2v) is 3.78. The molecule has 19 heavy (non-hydrogen) atoms. The van der Waals surface area contributed by atoms with Crippen LogP contribution in [-0.4, -0.2) is 27.0 Å². The Hall–Kier alpha value is -2.63. The summed E-state index contributed by atoms with van der Waals surface area (Å²) >= 11 is 0. The summed E-state index contributed by atoms with van der Waals surface area (Å²) in [4.78, 5) is 26.7. The van der Waals surface area contributed by atoms with Gasteiger partial charge in [-0.05, 0) is 24.3 Å². The fourth-order valence-electron chi connectivity index (χ4n) is 1.40. The first kappa shape index (κ1) is 12.8. The molecule has 96 valence electrons. The van der Waals surface area contributed by atoms with Gasteiger partial charge in [0.15, 0.2) is 5.69 Å². The molecule has 2 heterocycles. The lowest BCUT2D eigenvalue weighted by Crippen LogP contribution is -2.30. The second-order valence-electron chi connectivity index (χ2n) is 3.78. The molecule has 2 amide bonds. The van der Waals surface area contributed by atoms with Gasteiger partial charge in [0.2, 0.25) is 5.91 Å².